The number of H-pyrrole nitrogens is 1. The average molecular weight is 363 g/mol. The standard InChI is InChI=1S/C20H34N4O2/c1-4-18-15(3)21-19(22-18)16-7-9-17(10-8-16)23-11-6-12-24(14-13-23)20(25)26-5-2/h16-17H,4-14H2,1-3H3,(H,21,22). The molecule has 0 bridgehead atoms. The van der Waals surface area contributed by atoms with Crippen molar-refractivity contribution in [2.45, 2.75) is 71.3 Å². The van der Waals surface area contributed by atoms with Gasteiger partial charge in [-0.25, -0.2) is 9.78 Å². The number of nitrogens with one attached hydrogen (secondary N) is 1. The third kappa shape index (κ3) is 4.40. The third-order valence-corrected chi connectivity index (χ3v) is 6.00. The van der Waals surface area contributed by atoms with E-state index in [1.54, 1.807) is 0 Å². The summed E-state index contributed by atoms with van der Waals surface area (Å²) in [5.74, 6) is 1.77. The van der Waals surface area contributed by atoms with Crippen LogP contribution in [-0.2, 0) is 11.2 Å². The van der Waals surface area contributed by atoms with Crippen LogP contribution in [0.4, 0.5) is 4.79 Å². The van der Waals surface area contributed by atoms with Crippen LogP contribution < -0.4 is 0 Å². The molecule has 2 fully saturated rings. The lowest BCUT2D eigenvalue weighted by Gasteiger charge is -2.35. The Morgan fingerprint density at radius 3 is 2.58 bits per heavy atom. The van der Waals surface area contributed by atoms with Gasteiger partial charge < -0.3 is 14.6 Å². The molecular weight excluding hydrogens is 328 g/mol. The molecule has 1 saturated carbocycles. The summed E-state index contributed by atoms with van der Waals surface area (Å²) in [5, 5.41) is 0. The monoisotopic (exact) mass is 362 g/mol. The number of carbonyl (C=O) groups excluding carboxylic acids is 1. The van der Waals surface area contributed by atoms with Crippen LogP contribution in [0.15, 0.2) is 0 Å². The second kappa shape index (κ2) is 8.89. The van der Waals surface area contributed by atoms with E-state index in [2.05, 4.69) is 23.7 Å². The van der Waals surface area contributed by atoms with Crippen LogP contribution in [-0.4, -0.2) is 64.7 Å². The van der Waals surface area contributed by atoms with E-state index < -0.39 is 0 Å². The number of nitrogens with zero attached hydrogens (tertiary/aromatic N) is 3. The first-order valence-electron chi connectivity index (χ1n) is 10.3. The Morgan fingerprint density at radius 1 is 1.15 bits per heavy atom. The Balaban J connectivity index is 1.50. The summed E-state index contributed by atoms with van der Waals surface area (Å²) in [4.78, 5) is 24.8. The van der Waals surface area contributed by atoms with Crippen LogP contribution in [0.25, 0.3) is 0 Å². The minimum atomic E-state index is -0.155. The maximum absolute atomic E-state index is 12.0. The minimum Gasteiger partial charge on any atom is -0.450 e. The van der Waals surface area contributed by atoms with Gasteiger partial charge in [-0.15, -0.1) is 0 Å². The highest BCUT2D eigenvalue weighted by molar-refractivity contribution is 5.67. The second-order valence-electron chi connectivity index (χ2n) is 7.63. The Bertz CT molecular complexity index is 593. The van der Waals surface area contributed by atoms with E-state index in [0.717, 1.165) is 39.0 Å². The first kappa shape index (κ1) is 19.2. The first-order valence-corrected chi connectivity index (χ1v) is 10.3. The van der Waals surface area contributed by atoms with E-state index >= 15 is 0 Å². The van der Waals surface area contributed by atoms with Crippen molar-refractivity contribution >= 4 is 6.09 Å². The van der Waals surface area contributed by atoms with Crippen LogP contribution in [0.2, 0.25) is 0 Å². The highest BCUT2D eigenvalue weighted by Crippen LogP contribution is 2.34. The molecule has 26 heavy (non-hydrogen) atoms. The lowest BCUT2D eigenvalue weighted by Crippen LogP contribution is -2.41. The fourth-order valence-corrected chi connectivity index (χ4v) is 4.47. The van der Waals surface area contributed by atoms with Gasteiger partial charge in [0.25, 0.3) is 0 Å². The number of aromatic nitrogens is 2. The van der Waals surface area contributed by atoms with E-state index in [1.165, 1.54) is 42.9 Å². The Kier molecular flexibility index (Phi) is 6.57. The van der Waals surface area contributed by atoms with E-state index in [0.29, 0.717) is 18.6 Å². The van der Waals surface area contributed by atoms with E-state index in [1.807, 2.05) is 11.8 Å². The predicted molar refractivity (Wildman–Crippen MR) is 102 cm³/mol. The molecule has 1 amide bonds. The lowest BCUT2D eigenvalue weighted by molar-refractivity contribution is 0.105. The van der Waals surface area contributed by atoms with Crippen molar-refractivity contribution in [1.29, 1.82) is 0 Å². The molecule has 2 aliphatic rings. The highest BCUT2D eigenvalue weighted by atomic mass is 16.6. The molecule has 0 unspecified atom stereocenters. The highest BCUT2D eigenvalue weighted by Gasteiger charge is 2.30. The molecule has 1 aliphatic heterocycles. The van der Waals surface area contributed by atoms with E-state index in [9.17, 15) is 4.79 Å². The molecule has 0 spiro atoms. The summed E-state index contributed by atoms with van der Waals surface area (Å²) in [6.07, 6.45) is 6.75. The molecule has 0 radical (unpaired) electrons. The molecule has 1 N–H and O–H groups in total. The molecule has 1 aromatic rings. The molecule has 2 heterocycles. The largest absolute Gasteiger partial charge is 0.450 e. The van der Waals surface area contributed by atoms with Gasteiger partial charge in [0.1, 0.15) is 5.82 Å². The van der Waals surface area contributed by atoms with Crippen molar-refractivity contribution in [3.05, 3.63) is 17.2 Å². The summed E-state index contributed by atoms with van der Waals surface area (Å²) < 4.78 is 5.16. The third-order valence-electron chi connectivity index (χ3n) is 6.00. The summed E-state index contributed by atoms with van der Waals surface area (Å²) in [5.41, 5.74) is 2.45. The number of rotatable bonds is 4. The van der Waals surface area contributed by atoms with Gasteiger partial charge in [0.05, 0.1) is 12.3 Å². The van der Waals surface area contributed by atoms with Gasteiger partial charge in [-0.2, -0.15) is 0 Å². The number of aromatic amines is 1. The topological polar surface area (TPSA) is 61.5 Å². The predicted octanol–water partition coefficient (Wildman–Crippen LogP) is 3.47. The van der Waals surface area contributed by atoms with E-state index in [4.69, 9.17) is 9.72 Å². The molecular formula is C20H34N4O2. The molecule has 1 aromatic heterocycles. The number of ether oxygens (including phenoxy) is 1. The van der Waals surface area contributed by atoms with Gasteiger partial charge in [0, 0.05) is 43.8 Å². The van der Waals surface area contributed by atoms with Crippen molar-refractivity contribution in [2.75, 3.05) is 32.8 Å². The quantitative estimate of drug-likeness (QED) is 0.891. The van der Waals surface area contributed by atoms with Crippen molar-refractivity contribution in [2.24, 2.45) is 0 Å². The van der Waals surface area contributed by atoms with Crippen LogP contribution in [0.3, 0.4) is 0 Å². The average Bonchev–Trinajstić information content (AvgIpc) is 2.87. The van der Waals surface area contributed by atoms with Gasteiger partial charge in [-0.1, -0.05) is 6.92 Å². The summed E-state index contributed by atoms with van der Waals surface area (Å²) >= 11 is 0. The fraction of sp³-hybridized carbons (Fsp3) is 0.800. The molecule has 1 aliphatic carbocycles. The number of hydrogen-bond acceptors (Lipinski definition) is 4. The number of aryl methyl sites for hydroxylation is 2. The zero-order chi connectivity index (χ0) is 18.5. The number of imidazole rings is 1. The number of carbonyl (C=O) groups is 1. The van der Waals surface area contributed by atoms with Gasteiger partial charge in [-0.05, 0) is 52.4 Å². The fourth-order valence-electron chi connectivity index (χ4n) is 4.47. The van der Waals surface area contributed by atoms with Gasteiger partial charge in [0.15, 0.2) is 0 Å². The molecule has 3 rings (SSSR count). The Morgan fingerprint density at radius 2 is 1.92 bits per heavy atom. The molecule has 0 aromatic carbocycles. The van der Waals surface area contributed by atoms with Gasteiger partial charge >= 0.3 is 6.09 Å². The lowest BCUT2D eigenvalue weighted by atomic mass is 9.84. The second-order valence-corrected chi connectivity index (χ2v) is 7.63. The zero-order valence-corrected chi connectivity index (χ0v) is 16.6. The van der Waals surface area contributed by atoms with Crippen LogP contribution in [0.5, 0.6) is 0 Å². The molecule has 6 heteroatoms. The number of amides is 1. The van der Waals surface area contributed by atoms with E-state index in [-0.39, 0.29) is 6.09 Å². The van der Waals surface area contributed by atoms with Crippen LogP contribution >= 0.6 is 0 Å². The minimum absolute atomic E-state index is 0.155. The summed E-state index contributed by atoms with van der Waals surface area (Å²) in [6, 6.07) is 0.648. The molecule has 0 atom stereocenters. The van der Waals surface area contributed by atoms with Crippen molar-refractivity contribution < 1.29 is 9.53 Å². The number of hydrogen-bond donors (Lipinski definition) is 1. The molecule has 6 nitrogen and oxygen atoms in total. The Labute approximate surface area is 157 Å². The maximum atomic E-state index is 12.0. The molecule has 146 valence electrons. The maximum Gasteiger partial charge on any atom is 0.409 e. The smallest absolute Gasteiger partial charge is 0.409 e. The summed E-state index contributed by atoms with van der Waals surface area (Å²) in [6.45, 7) is 10.3. The van der Waals surface area contributed by atoms with Crippen LogP contribution in [0.1, 0.15) is 69.1 Å². The molecule has 1 saturated heterocycles. The van der Waals surface area contributed by atoms with Crippen molar-refractivity contribution in [1.82, 2.24) is 19.8 Å². The van der Waals surface area contributed by atoms with Crippen molar-refractivity contribution in [3.8, 4) is 0 Å². The van der Waals surface area contributed by atoms with Crippen molar-refractivity contribution in [3.63, 3.8) is 0 Å². The normalized spacial score (nSPS) is 25.1. The SMILES string of the molecule is CCOC(=O)N1CCCN(C2CCC(c3nc(CC)c(C)[nH]3)CC2)CC1. The van der Waals surface area contributed by atoms with Gasteiger partial charge in [-0.3, -0.25) is 4.90 Å². The Hall–Kier alpha value is -1.56. The first-order chi connectivity index (χ1) is 12.6. The van der Waals surface area contributed by atoms with Gasteiger partial charge in [0.2, 0.25) is 0 Å². The summed E-state index contributed by atoms with van der Waals surface area (Å²) in [7, 11) is 0. The zero-order valence-electron chi connectivity index (χ0n) is 16.6. The van der Waals surface area contributed by atoms with Crippen LogP contribution in [0, 0.1) is 6.92 Å².